The van der Waals surface area contributed by atoms with Crippen molar-refractivity contribution in [3.8, 4) is 0 Å². The first-order valence-electron chi connectivity index (χ1n) is 2.53. The summed E-state index contributed by atoms with van der Waals surface area (Å²) in [4.78, 5) is 0. The normalized spacial score (nSPS) is 11.3. The van der Waals surface area contributed by atoms with Crippen molar-refractivity contribution in [2.75, 3.05) is 6.61 Å². The minimum absolute atomic E-state index is 0.0153. The van der Waals surface area contributed by atoms with Gasteiger partial charge in [0.25, 0.3) is 0 Å². The van der Waals surface area contributed by atoms with Gasteiger partial charge in [-0.25, -0.2) is 0 Å². The fourth-order valence-electron chi connectivity index (χ4n) is 0.361. The van der Waals surface area contributed by atoms with E-state index in [1.807, 2.05) is 0 Å². The standard InChI is InChI=1S/C5H6Cl4O/c1-2-10-5(8,9)3-4(6)7/h3H,2H2,1H3. The van der Waals surface area contributed by atoms with Gasteiger partial charge >= 0.3 is 0 Å². The molecular weight excluding hydrogens is 218 g/mol. The van der Waals surface area contributed by atoms with Gasteiger partial charge in [0, 0.05) is 12.7 Å². The summed E-state index contributed by atoms with van der Waals surface area (Å²) in [6, 6.07) is 0. The summed E-state index contributed by atoms with van der Waals surface area (Å²) in [5, 5.41) is 0. The summed E-state index contributed by atoms with van der Waals surface area (Å²) in [5.41, 5.74) is 0. The maximum atomic E-state index is 5.53. The predicted octanol–water partition coefficient (Wildman–Crippen LogP) is 3.47. The molecule has 0 saturated heterocycles. The first-order chi connectivity index (χ1) is 4.48. The molecule has 0 aromatic carbocycles. The van der Waals surface area contributed by atoms with Crippen LogP contribution in [-0.2, 0) is 4.74 Å². The Morgan fingerprint density at radius 1 is 1.50 bits per heavy atom. The highest BCUT2D eigenvalue weighted by Crippen LogP contribution is 2.27. The average molecular weight is 224 g/mol. The number of alkyl halides is 2. The van der Waals surface area contributed by atoms with Crippen molar-refractivity contribution in [1.29, 1.82) is 0 Å². The Hall–Kier alpha value is 0.860. The van der Waals surface area contributed by atoms with Crippen molar-refractivity contribution in [1.82, 2.24) is 0 Å². The predicted molar refractivity (Wildman–Crippen MR) is 45.9 cm³/mol. The molecule has 0 atom stereocenters. The third-order valence-electron chi connectivity index (χ3n) is 0.614. The van der Waals surface area contributed by atoms with Gasteiger partial charge in [-0.1, -0.05) is 46.4 Å². The molecule has 0 N–H and O–H groups in total. The molecule has 0 unspecified atom stereocenters. The van der Waals surface area contributed by atoms with Crippen LogP contribution in [-0.4, -0.2) is 11.1 Å². The molecule has 1 nitrogen and oxygen atoms in total. The molecule has 0 saturated carbocycles. The molecule has 0 heterocycles. The van der Waals surface area contributed by atoms with Crippen LogP contribution in [0.1, 0.15) is 6.92 Å². The van der Waals surface area contributed by atoms with Crippen molar-refractivity contribution in [3.63, 3.8) is 0 Å². The molecule has 0 spiro atoms. The van der Waals surface area contributed by atoms with E-state index in [9.17, 15) is 0 Å². The molecule has 5 heteroatoms. The van der Waals surface area contributed by atoms with Gasteiger partial charge in [0.2, 0.25) is 4.52 Å². The van der Waals surface area contributed by atoms with Crippen LogP contribution in [0, 0.1) is 0 Å². The molecule has 0 bridgehead atoms. The van der Waals surface area contributed by atoms with Crippen LogP contribution in [0.2, 0.25) is 0 Å². The number of hydrogen-bond acceptors (Lipinski definition) is 1. The van der Waals surface area contributed by atoms with Crippen LogP contribution in [0.3, 0.4) is 0 Å². The van der Waals surface area contributed by atoms with Crippen LogP contribution in [0.25, 0.3) is 0 Å². The molecule has 60 valence electrons. The zero-order chi connectivity index (χ0) is 8.20. The van der Waals surface area contributed by atoms with E-state index < -0.39 is 4.52 Å². The summed E-state index contributed by atoms with van der Waals surface area (Å²) in [6.45, 7) is 2.15. The minimum Gasteiger partial charge on any atom is -0.344 e. The highest BCUT2D eigenvalue weighted by atomic mass is 35.5. The summed E-state index contributed by atoms with van der Waals surface area (Å²) in [6.07, 6.45) is 1.20. The lowest BCUT2D eigenvalue weighted by molar-refractivity contribution is 0.121. The molecule has 10 heavy (non-hydrogen) atoms. The zero-order valence-electron chi connectivity index (χ0n) is 5.20. The quantitative estimate of drug-likeness (QED) is 0.666. The Morgan fingerprint density at radius 3 is 2.30 bits per heavy atom. The molecule has 0 amide bonds. The first-order valence-corrected chi connectivity index (χ1v) is 4.05. The Bertz CT molecular complexity index is 128. The number of halogens is 4. The van der Waals surface area contributed by atoms with Gasteiger partial charge in [-0.2, -0.15) is 0 Å². The van der Waals surface area contributed by atoms with E-state index in [4.69, 9.17) is 51.1 Å². The molecular formula is C5H6Cl4O. The van der Waals surface area contributed by atoms with Gasteiger partial charge in [-0.15, -0.1) is 0 Å². The van der Waals surface area contributed by atoms with Crippen molar-refractivity contribution in [2.45, 2.75) is 11.4 Å². The highest BCUT2D eigenvalue weighted by molar-refractivity contribution is 6.57. The van der Waals surface area contributed by atoms with Gasteiger partial charge in [-0.3, -0.25) is 0 Å². The second-order valence-electron chi connectivity index (χ2n) is 1.43. The molecule has 0 aliphatic carbocycles. The number of hydrogen-bond donors (Lipinski definition) is 0. The second kappa shape index (κ2) is 4.68. The van der Waals surface area contributed by atoms with E-state index in [-0.39, 0.29) is 4.49 Å². The molecule has 0 aromatic heterocycles. The summed E-state index contributed by atoms with van der Waals surface area (Å²) >= 11 is 21.6. The number of ether oxygens (including phenoxy) is 1. The zero-order valence-corrected chi connectivity index (χ0v) is 8.23. The average Bonchev–Trinajstić information content (AvgIpc) is 1.59. The lowest BCUT2D eigenvalue weighted by Gasteiger charge is -2.13. The van der Waals surface area contributed by atoms with Crippen molar-refractivity contribution < 1.29 is 4.74 Å². The van der Waals surface area contributed by atoms with Crippen molar-refractivity contribution >= 4 is 46.4 Å². The summed E-state index contributed by atoms with van der Waals surface area (Å²) in [5.74, 6) is 0. The fourth-order valence-corrected chi connectivity index (χ4v) is 1.33. The Kier molecular flexibility index (Phi) is 5.08. The van der Waals surface area contributed by atoms with Crippen molar-refractivity contribution in [3.05, 3.63) is 10.6 Å². The van der Waals surface area contributed by atoms with Crippen LogP contribution in [0.15, 0.2) is 10.6 Å². The highest BCUT2D eigenvalue weighted by Gasteiger charge is 2.20. The van der Waals surface area contributed by atoms with Crippen LogP contribution < -0.4 is 0 Å². The smallest absolute Gasteiger partial charge is 0.239 e. The van der Waals surface area contributed by atoms with Gasteiger partial charge in [0.1, 0.15) is 4.49 Å². The second-order valence-corrected chi connectivity index (χ2v) is 3.75. The van der Waals surface area contributed by atoms with E-state index in [0.717, 1.165) is 0 Å². The molecule has 0 fully saturated rings. The van der Waals surface area contributed by atoms with Gasteiger partial charge in [0.05, 0.1) is 0 Å². The Labute approximate surface area is 79.8 Å². The molecule has 0 aliphatic rings. The van der Waals surface area contributed by atoms with E-state index in [1.165, 1.54) is 6.08 Å². The lowest BCUT2D eigenvalue weighted by atomic mass is 10.6. The van der Waals surface area contributed by atoms with Gasteiger partial charge in [-0.05, 0) is 6.92 Å². The van der Waals surface area contributed by atoms with Crippen molar-refractivity contribution in [2.24, 2.45) is 0 Å². The summed E-state index contributed by atoms with van der Waals surface area (Å²) in [7, 11) is 0. The maximum absolute atomic E-state index is 5.53. The van der Waals surface area contributed by atoms with Gasteiger partial charge in [0.15, 0.2) is 0 Å². The molecule has 0 aromatic rings. The third kappa shape index (κ3) is 5.63. The molecule has 0 aliphatic heterocycles. The maximum Gasteiger partial charge on any atom is 0.239 e. The van der Waals surface area contributed by atoms with E-state index in [0.29, 0.717) is 6.61 Å². The lowest BCUT2D eigenvalue weighted by Crippen LogP contribution is -2.13. The molecule has 0 rings (SSSR count). The third-order valence-corrected chi connectivity index (χ3v) is 1.27. The first kappa shape index (κ1) is 10.9. The Morgan fingerprint density at radius 2 is 2.00 bits per heavy atom. The van der Waals surface area contributed by atoms with Crippen LogP contribution in [0.4, 0.5) is 0 Å². The number of rotatable bonds is 3. The monoisotopic (exact) mass is 222 g/mol. The van der Waals surface area contributed by atoms with Crippen LogP contribution in [0.5, 0.6) is 0 Å². The molecule has 0 radical (unpaired) electrons. The Balaban J connectivity index is 3.98. The summed E-state index contributed by atoms with van der Waals surface area (Å²) < 4.78 is 3.40. The van der Waals surface area contributed by atoms with E-state index in [2.05, 4.69) is 0 Å². The van der Waals surface area contributed by atoms with E-state index >= 15 is 0 Å². The fraction of sp³-hybridized carbons (Fsp3) is 0.600. The largest absolute Gasteiger partial charge is 0.344 e. The van der Waals surface area contributed by atoms with E-state index in [1.54, 1.807) is 6.92 Å². The van der Waals surface area contributed by atoms with Gasteiger partial charge < -0.3 is 4.74 Å². The SMILES string of the molecule is CCOC(Cl)(Cl)C=C(Cl)Cl. The van der Waals surface area contributed by atoms with Crippen LogP contribution >= 0.6 is 46.4 Å². The minimum atomic E-state index is -1.41. The topological polar surface area (TPSA) is 9.23 Å².